The molecule has 0 atom stereocenters. The number of nitrogens with one attached hydrogen (secondary N) is 1. The van der Waals surface area contributed by atoms with Crippen LogP contribution in [0.4, 0.5) is 0 Å². The molecule has 1 aliphatic heterocycles. The lowest BCUT2D eigenvalue weighted by atomic mass is 10.0. The highest BCUT2D eigenvalue weighted by Crippen LogP contribution is 2.26. The highest BCUT2D eigenvalue weighted by Gasteiger charge is 2.18. The van der Waals surface area contributed by atoms with Gasteiger partial charge in [0.25, 0.3) is 0 Å². The van der Waals surface area contributed by atoms with Crippen LogP contribution in [-0.2, 0) is 0 Å². The van der Waals surface area contributed by atoms with E-state index in [1.54, 1.807) is 19.2 Å². The van der Waals surface area contributed by atoms with Gasteiger partial charge in [-0.15, -0.1) is 0 Å². The van der Waals surface area contributed by atoms with Crippen LogP contribution < -0.4 is 19.5 Å². The molecule has 1 heterocycles. The molecule has 2 aromatic rings. The van der Waals surface area contributed by atoms with Gasteiger partial charge in [0.2, 0.25) is 0 Å². The first-order valence-corrected chi connectivity index (χ1v) is 11.7. The van der Waals surface area contributed by atoms with Crippen LogP contribution in [-0.4, -0.2) is 57.4 Å². The van der Waals surface area contributed by atoms with Crippen LogP contribution in [0.2, 0.25) is 10.0 Å². The van der Waals surface area contributed by atoms with E-state index in [2.05, 4.69) is 10.2 Å². The molecule has 170 valence electrons. The van der Waals surface area contributed by atoms with Crippen molar-refractivity contribution in [2.75, 3.05) is 46.5 Å². The molecule has 1 N–H and O–H groups in total. The van der Waals surface area contributed by atoms with Crippen LogP contribution in [0.1, 0.15) is 25.7 Å². The summed E-state index contributed by atoms with van der Waals surface area (Å²) < 4.78 is 16.7. The van der Waals surface area contributed by atoms with Gasteiger partial charge < -0.3 is 24.4 Å². The number of piperidine rings is 1. The Morgan fingerprint density at radius 3 is 2.23 bits per heavy atom. The maximum Gasteiger partial charge on any atom is 0.120 e. The molecule has 0 saturated carbocycles. The predicted octanol–water partition coefficient (Wildman–Crippen LogP) is 5.29. The Morgan fingerprint density at radius 2 is 1.52 bits per heavy atom. The summed E-state index contributed by atoms with van der Waals surface area (Å²) >= 11 is 11.9. The molecule has 31 heavy (non-hydrogen) atoms. The number of methoxy groups -OCH3 is 1. The second kappa shape index (κ2) is 13.0. The van der Waals surface area contributed by atoms with Crippen molar-refractivity contribution in [1.82, 2.24) is 10.2 Å². The lowest BCUT2D eigenvalue weighted by molar-refractivity contribution is 0.181. The molecule has 0 radical (unpaired) electrons. The SMILES string of the molecule is COc1ccc(OCCCNC2CCN(CCCOc3ccc(Cl)c(Cl)c3)CC2)cc1. The molecule has 0 amide bonds. The van der Waals surface area contributed by atoms with Gasteiger partial charge in [-0.2, -0.15) is 0 Å². The average molecular weight is 467 g/mol. The minimum atomic E-state index is 0.529. The zero-order valence-corrected chi connectivity index (χ0v) is 19.6. The van der Waals surface area contributed by atoms with E-state index in [0.717, 1.165) is 62.9 Å². The van der Waals surface area contributed by atoms with Gasteiger partial charge in [0.1, 0.15) is 17.2 Å². The maximum absolute atomic E-state index is 6.02. The van der Waals surface area contributed by atoms with Gasteiger partial charge in [-0.05, 0) is 81.7 Å². The smallest absolute Gasteiger partial charge is 0.120 e. The maximum atomic E-state index is 6.02. The molecule has 0 aromatic heterocycles. The lowest BCUT2D eigenvalue weighted by Gasteiger charge is -2.32. The van der Waals surface area contributed by atoms with E-state index in [1.807, 2.05) is 30.3 Å². The first-order valence-electron chi connectivity index (χ1n) is 10.9. The third-order valence-corrected chi connectivity index (χ3v) is 6.19. The Kier molecular flexibility index (Phi) is 10.1. The van der Waals surface area contributed by atoms with Crippen molar-refractivity contribution >= 4 is 23.2 Å². The van der Waals surface area contributed by atoms with Gasteiger partial charge >= 0.3 is 0 Å². The third-order valence-electron chi connectivity index (χ3n) is 5.45. The molecule has 0 spiro atoms. The molecule has 1 fully saturated rings. The number of benzene rings is 2. The van der Waals surface area contributed by atoms with E-state index >= 15 is 0 Å². The van der Waals surface area contributed by atoms with E-state index in [-0.39, 0.29) is 0 Å². The van der Waals surface area contributed by atoms with Gasteiger partial charge in [-0.25, -0.2) is 0 Å². The Morgan fingerprint density at radius 1 is 0.871 bits per heavy atom. The molecule has 0 aliphatic carbocycles. The average Bonchev–Trinajstić information content (AvgIpc) is 2.80. The molecule has 0 unspecified atom stereocenters. The van der Waals surface area contributed by atoms with E-state index in [1.165, 1.54) is 12.8 Å². The van der Waals surface area contributed by atoms with Crippen molar-refractivity contribution in [2.45, 2.75) is 31.7 Å². The molecular weight excluding hydrogens is 435 g/mol. The lowest BCUT2D eigenvalue weighted by Crippen LogP contribution is -2.43. The van der Waals surface area contributed by atoms with E-state index in [9.17, 15) is 0 Å². The highest BCUT2D eigenvalue weighted by molar-refractivity contribution is 6.42. The summed E-state index contributed by atoms with van der Waals surface area (Å²) in [6.07, 6.45) is 4.37. The molecule has 7 heteroatoms. The molecule has 0 bridgehead atoms. The van der Waals surface area contributed by atoms with Crippen LogP contribution in [0.3, 0.4) is 0 Å². The zero-order valence-electron chi connectivity index (χ0n) is 18.1. The number of hydrogen-bond donors (Lipinski definition) is 1. The fourth-order valence-electron chi connectivity index (χ4n) is 3.65. The fraction of sp³-hybridized carbons (Fsp3) is 0.500. The Balaban J connectivity index is 1.20. The predicted molar refractivity (Wildman–Crippen MR) is 127 cm³/mol. The topological polar surface area (TPSA) is 43.0 Å². The second-order valence-corrected chi connectivity index (χ2v) is 8.54. The van der Waals surface area contributed by atoms with Crippen LogP contribution in [0, 0.1) is 0 Å². The molecule has 5 nitrogen and oxygen atoms in total. The first-order chi connectivity index (χ1) is 15.1. The summed E-state index contributed by atoms with van der Waals surface area (Å²) in [4.78, 5) is 2.52. The van der Waals surface area contributed by atoms with Crippen LogP contribution in [0.25, 0.3) is 0 Å². The monoisotopic (exact) mass is 466 g/mol. The van der Waals surface area contributed by atoms with Crippen LogP contribution in [0.5, 0.6) is 17.2 Å². The normalized spacial score (nSPS) is 15.1. The first kappa shape index (κ1) is 24.0. The number of likely N-dealkylation sites (tertiary alicyclic amines) is 1. The van der Waals surface area contributed by atoms with Gasteiger partial charge in [0.05, 0.1) is 30.4 Å². The van der Waals surface area contributed by atoms with Crippen LogP contribution >= 0.6 is 23.2 Å². The van der Waals surface area contributed by atoms with E-state index in [0.29, 0.717) is 22.7 Å². The fourth-order valence-corrected chi connectivity index (χ4v) is 3.93. The summed E-state index contributed by atoms with van der Waals surface area (Å²) in [6, 6.07) is 13.7. The van der Waals surface area contributed by atoms with Crippen molar-refractivity contribution in [2.24, 2.45) is 0 Å². The standard InChI is InChI=1S/C24H32Cl2N2O3/c1-29-20-4-6-21(7-5-20)30-16-2-12-27-19-10-14-28(15-11-19)13-3-17-31-22-8-9-23(25)24(26)18-22/h4-9,18-19,27H,2-3,10-17H2,1H3. The van der Waals surface area contributed by atoms with Crippen molar-refractivity contribution in [3.05, 3.63) is 52.5 Å². The van der Waals surface area contributed by atoms with E-state index in [4.69, 9.17) is 37.4 Å². The Hall–Kier alpha value is -1.66. The summed E-state index contributed by atoms with van der Waals surface area (Å²) in [5, 5.41) is 4.75. The molecule has 3 rings (SSSR count). The molecule has 1 saturated heterocycles. The number of rotatable bonds is 12. The van der Waals surface area contributed by atoms with Gasteiger partial charge in [0, 0.05) is 18.7 Å². The van der Waals surface area contributed by atoms with Gasteiger partial charge in [0.15, 0.2) is 0 Å². The summed E-state index contributed by atoms with van der Waals surface area (Å²) in [6.45, 7) is 5.71. The Labute approximate surface area is 195 Å². The number of nitrogens with zero attached hydrogens (tertiary/aromatic N) is 1. The van der Waals surface area contributed by atoms with Gasteiger partial charge in [-0.1, -0.05) is 23.2 Å². The zero-order chi connectivity index (χ0) is 21.9. The van der Waals surface area contributed by atoms with Gasteiger partial charge in [-0.3, -0.25) is 0 Å². The molecule has 2 aromatic carbocycles. The van der Waals surface area contributed by atoms with Crippen LogP contribution in [0.15, 0.2) is 42.5 Å². The minimum Gasteiger partial charge on any atom is -0.497 e. The Bertz CT molecular complexity index is 781. The largest absolute Gasteiger partial charge is 0.497 e. The quantitative estimate of drug-likeness (QED) is 0.430. The van der Waals surface area contributed by atoms with Crippen molar-refractivity contribution in [1.29, 1.82) is 0 Å². The number of ether oxygens (including phenoxy) is 3. The molecule has 1 aliphatic rings. The second-order valence-electron chi connectivity index (χ2n) is 7.73. The molecular formula is C24H32Cl2N2O3. The summed E-state index contributed by atoms with van der Waals surface area (Å²) in [7, 11) is 1.67. The minimum absolute atomic E-state index is 0.529. The van der Waals surface area contributed by atoms with E-state index < -0.39 is 0 Å². The highest BCUT2D eigenvalue weighted by atomic mass is 35.5. The number of halogens is 2. The summed E-state index contributed by atoms with van der Waals surface area (Å²) in [5.41, 5.74) is 0. The third kappa shape index (κ3) is 8.41. The summed E-state index contributed by atoms with van der Waals surface area (Å²) in [5.74, 6) is 2.50. The van der Waals surface area contributed by atoms with Crippen molar-refractivity contribution < 1.29 is 14.2 Å². The van der Waals surface area contributed by atoms with Crippen molar-refractivity contribution in [3.8, 4) is 17.2 Å². The van der Waals surface area contributed by atoms with Crippen molar-refractivity contribution in [3.63, 3.8) is 0 Å². The number of hydrogen-bond acceptors (Lipinski definition) is 5.